The zero-order valence-corrected chi connectivity index (χ0v) is 14.9. The minimum atomic E-state index is 0.278. The van der Waals surface area contributed by atoms with E-state index in [1.54, 1.807) is 6.07 Å². The van der Waals surface area contributed by atoms with Gasteiger partial charge in [-0.15, -0.1) is 0 Å². The smallest absolute Gasteiger partial charge is 0.153 e. The molecule has 0 atom stereocenters. The molecular formula is C19H26N4O. The van der Waals surface area contributed by atoms with Gasteiger partial charge in [0.15, 0.2) is 5.82 Å². The number of benzene rings is 1. The van der Waals surface area contributed by atoms with E-state index < -0.39 is 0 Å². The number of nitrogens with zero attached hydrogens (tertiary/aromatic N) is 3. The van der Waals surface area contributed by atoms with E-state index in [1.807, 2.05) is 18.3 Å². The highest BCUT2D eigenvalue weighted by molar-refractivity contribution is 6.13. The monoisotopic (exact) mass is 326 g/mol. The van der Waals surface area contributed by atoms with Crippen LogP contribution in [0.2, 0.25) is 0 Å². The maximum Gasteiger partial charge on any atom is 0.153 e. The third-order valence-corrected chi connectivity index (χ3v) is 4.53. The third-order valence-electron chi connectivity index (χ3n) is 4.53. The van der Waals surface area contributed by atoms with E-state index in [2.05, 4.69) is 42.7 Å². The summed E-state index contributed by atoms with van der Waals surface area (Å²) in [5.41, 5.74) is 3.23. The number of H-pyrrole nitrogens is 1. The Hall–Kier alpha value is -2.27. The van der Waals surface area contributed by atoms with Crippen LogP contribution >= 0.6 is 0 Å². The summed E-state index contributed by atoms with van der Waals surface area (Å²) in [7, 11) is 0. The molecule has 24 heavy (non-hydrogen) atoms. The number of hydrogen-bond donors (Lipinski definition) is 2. The van der Waals surface area contributed by atoms with Crippen LogP contribution in [0, 0.1) is 6.92 Å². The first kappa shape index (κ1) is 16.6. The summed E-state index contributed by atoms with van der Waals surface area (Å²) in [6.45, 7) is 11.4. The van der Waals surface area contributed by atoms with Crippen molar-refractivity contribution < 1.29 is 5.11 Å². The normalized spacial score (nSPS) is 11.7. The topological polar surface area (TPSA) is 55.4 Å². The standard InChI is InChI=1S/C19H26N4O/c1-5-10-23(22(6-2)7-3)19-17-15-11-14(24)8-9-16(15)21-18(17)13(4)12-20-19/h8-9,11-12,21,24H,5-7,10H2,1-4H3. The SMILES string of the molecule is CCCN(c1ncc(C)c2[nH]c3ccc(O)cc3c12)N(CC)CC. The van der Waals surface area contributed by atoms with Gasteiger partial charge in [0.25, 0.3) is 0 Å². The van der Waals surface area contributed by atoms with E-state index in [-0.39, 0.29) is 5.75 Å². The molecular weight excluding hydrogens is 300 g/mol. The van der Waals surface area contributed by atoms with E-state index in [0.717, 1.165) is 59.2 Å². The van der Waals surface area contributed by atoms with Crippen molar-refractivity contribution in [2.45, 2.75) is 34.1 Å². The molecule has 0 spiro atoms. The van der Waals surface area contributed by atoms with E-state index in [1.165, 1.54) is 0 Å². The van der Waals surface area contributed by atoms with Crippen molar-refractivity contribution in [3.05, 3.63) is 30.0 Å². The summed E-state index contributed by atoms with van der Waals surface area (Å²) in [5, 5.41) is 16.6. The fourth-order valence-corrected chi connectivity index (χ4v) is 3.35. The molecule has 2 aromatic heterocycles. The van der Waals surface area contributed by atoms with E-state index >= 15 is 0 Å². The number of fused-ring (bicyclic) bond motifs is 3. The minimum Gasteiger partial charge on any atom is -0.508 e. The lowest BCUT2D eigenvalue weighted by atomic mass is 10.1. The molecule has 0 amide bonds. The van der Waals surface area contributed by atoms with Crippen molar-refractivity contribution in [3.63, 3.8) is 0 Å². The highest BCUT2D eigenvalue weighted by Crippen LogP contribution is 2.36. The van der Waals surface area contributed by atoms with E-state index in [9.17, 15) is 5.11 Å². The quantitative estimate of drug-likeness (QED) is 0.667. The van der Waals surface area contributed by atoms with Crippen LogP contribution in [0.15, 0.2) is 24.4 Å². The molecule has 0 unspecified atom stereocenters. The zero-order valence-electron chi connectivity index (χ0n) is 14.9. The molecule has 2 heterocycles. The molecule has 2 N–H and O–H groups in total. The van der Waals surface area contributed by atoms with Crippen molar-refractivity contribution in [2.24, 2.45) is 0 Å². The molecule has 128 valence electrons. The maximum absolute atomic E-state index is 9.95. The third kappa shape index (κ3) is 2.69. The average molecular weight is 326 g/mol. The Balaban J connectivity index is 2.31. The van der Waals surface area contributed by atoms with E-state index in [4.69, 9.17) is 4.98 Å². The van der Waals surface area contributed by atoms with Gasteiger partial charge in [0.2, 0.25) is 0 Å². The summed E-state index contributed by atoms with van der Waals surface area (Å²) in [4.78, 5) is 8.27. The van der Waals surface area contributed by atoms with Crippen molar-refractivity contribution in [1.82, 2.24) is 15.0 Å². The Morgan fingerprint density at radius 3 is 2.58 bits per heavy atom. The van der Waals surface area contributed by atoms with Gasteiger partial charge in [0.05, 0.1) is 10.9 Å². The van der Waals surface area contributed by atoms with Crippen LogP contribution in [-0.4, -0.2) is 39.7 Å². The summed E-state index contributed by atoms with van der Waals surface area (Å²) in [6.07, 6.45) is 2.97. The van der Waals surface area contributed by atoms with Crippen molar-refractivity contribution in [3.8, 4) is 5.75 Å². The highest BCUT2D eigenvalue weighted by Gasteiger charge is 2.20. The molecule has 0 fully saturated rings. The second-order valence-electron chi connectivity index (χ2n) is 6.13. The Kier molecular flexibility index (Phi) is 4.62. The van der Waals surface area contributed by atoms with Crippen LogP contribution in [0.5, 0.6) is 5.75 Å². The number of aryl methyl sites for hydroxylation is 1. The summed E-state index contributed by atoms with van der Waals surface area (Å²) in [5.74, 6) is 1.23. The van der Waals surface area contributed by atoms with Crippen LogP contribution in [0.4, 0.5) is 5.82 Å². The zero-order chi connectivity index (χ0) is 17.3. The molecule has 0 bridgehead atoms. The largest absolute Gasteiger partial charge is 0.508 e. The molecule has 3 aromatic rings. The van der Waals surface area contributed by atoms with Gasteiger partial charge in [0.1, 0.15) is 5.75 Å². The van der Waals surface area contributed by atoms with Crippen LogP contribution in [0.25, 0.3) is 21.8 Å². The lowest BCUT2D eigenvalue weighted by molar-refractivity contribution is 0.273. The second kappa shape index (κ2) is 6.69. The van der Waals surface area contributed by atoms with Gasteiger partial charge in [0, 0.05) is 36.7 Å². The number of nitrogens with one attached hydrogen (secondary N) is 1. The molecule has 0 radical (unpaired) electrons. The van der Waals surface area contributed by atoms with Crippen molar-refractivity contribution in [2.75, 3.05) is 24.6 Å². The van der Waals surface area contributed by atoms with Crippen LogP contribution < -0.4 is 5.01 Å². The predicted octanol–water partition coefficient (Wildman–Crippen LogP) is 4.20. The van der Waals surface area contributed by atoms with Gasteiger partial charge >= 0.3 is 0 Å². The van der Waals surface area contributed by atoms with Crippen LogP contribution in [0.1, 0.15) is 32.8 Å². The van der Waals surface area contributed by atoms with Crippen molar-refractivity contribution in [1.29, 1.82) is 0 Å². The number of pyridine rings is 1. The molecule has 0 saturated carbocycles. The number of hydrazine groups is 1. The summed E-state index contributed by atoms with van der Waals surface area (Å²) < 4.78 is 0. The number of aromatic hydroxyl groups is 1. The molecule has 3 rings (SSSR count). The number of phenols is 1. The summed E-state index contributed by atoms with van der Waals surface area (Å²) in [6, 6.07) is 5.47. The molecule has 0 aliphatic carbocycles. The molecule has 0 aliphatic heterocycles. The number of aromatic nitrogens is 2. The lowest BCUT2D eigenvalue weighted by Crippen LogP contribution is -2.43. The molecule has 5 nitrogen and oxygen atoms in total. The first-order valence-corrected chi connectivity index (χ1v) is 8.73. The number of aromatic amines is 1. The molecule has 5 heteroatoms. The minimum absolute atomic E-state index is 0.278. The van der Waals surface area contributed by atoms with Gasteiger partial charge in [-0.2, -0.15) is 0 Å². The number of rotatable bonds is 6. The Morgan fingerprint density at radius 2 is 1.92 bits per heavy atom. The second-order valence-corrected chi connectivity index (χ2v) is 6.13. The van der Waals surface area contributed by atoms with Crippen molar-refractivity contribution >= 4 is 27.6 Å². The van der Waals surface area contributed by atoms with Gasteiger partial charge < -0.3 is 10.1 Å². The molecule has 1 aromatic carbocycles. The maximum atomic E-state index is 9.95. The Morgan fingerprint density at radius 1 is 1.17 bits per heavy atom. The van der Waals surface area contributed by atoms with Gasteiger partial charge in [-0.1, -0.05) is 20.8 Å². The summed E-state index contributed by atoms with van der Waals surface area (Å²) >= 11 is 0. The van der Waals surface area contributed by atoms with Crippen LogP contribution in [-0.2, 0) is 0 Å². The molecule has 0 saturated heterocycles. The number of anilines is 1. The van der Waals surface area contributed by atoms with Gasteiger partial charge in [-0.25, -0.2) is 9.99 Å². The first-order valence-electron chi connectivity index (χ1n) is 8.73. The number of phenolic OH excluding ortho intramolecular Hbond substituents is 1. The lowest BCUT2D eigenvalue weighted by Gasteiger charge is -2.34. The predicted molar refractivity (Wildman–Crippen MR) is 101 cm³/mol. The Bertz CT molecular complexity index is 851. The Labute approximate surface area is 142 Å². The van der Waals surface area contributed by atoms with Gasteiger partial charge in [-0.3, -0.25) is 5.01 Å². The fourth-order valence-electron chi connectivity index (χ4n) is 3.35. The van der Waals surface area contributed by atoms with Crippen LogP contribution in [0.3, 0.4) is 0 Å². The average Bonchev–Trinajstić information content (AvgIpc) is 2.95. The van der Waals surface area contributed by atoms with E-state index in [0.29, 0.717) is 0 Å². The first-order chi connectivity index (χ1) is 11.6. The van der Waals surface area contributed by atoms with Gasteiger partial charge in [-0.05, 0) is 37.1 Å². The fraction of sp³-hybridized carbons (Fsp3) is 0.421. The molecule has 0 aliphatic rings. The highest BCUT2D eigenvalue weighted by atomic mass is 16.3. The number of hydrogen-bond acceptors (Lipinski definition) is 4.